The van der Waals surface area contributed by atoms with Gasteiger partial charge < -0.3 is 15.8 Å². The SMILES string of the molecule is CCOc1cc(CC(N)CC)ccc1NC(=O)CCC1CCCCC1. The van der Waals surface area contributed by atoms with Gasteiger partial charge in [-0.25, -0.2) is 0 Å². The second-order valence-electron chi connectivity index (χ2n) is 7.23. The number of carbonyl (C=O) groups is 1. The molecule has 3 N–H and O–H groups in total. The van der Waals surface area contributed by atoms with Gasteiger partial charge in [0.1, 0.15) is 5.75 Å². The highest BCUT2D eigenvalue weighted by molar-refractivity contribution is 5.92. The molecule has 1 aromatic carbocycles. The summed E-state index contributed by atoms with van der Waals surface area (Å²) >= 11 is 0. The Hall–Kier alpha value is -1.55. The highest BCUT2D eigenvalue weighted by Gasteiger charge is 2.16. The molecule has 1 aliphatic carbocycles. The summed E-state index contributed by atoms with van der Waals surface area (Å²) in [6, 6.07) is 6.15. The van der Waals surface area contributed by atoms with E-state index >= 15 is 0 Å². The molecule has 25 heavy (non-hydrogen) atoms. The fraction of sp³-hybridized carbons (Fsp3) is 0.667. The Kier molecular flexibility index (Phi) is 8.26. The van der Waals surface area contributed by atoms with Crippen molar-refractivity contribution in [1.82, 2.24) is 0 Å². The van der Waals surface area contributed by atoms with Gasteiger partial charge in [0, 0.05) is 12.5 Å². The smallest absolute Gasteiger partial charge is 0.224 e. The quantitative estimate of drug-likeness (QED) is 0.683. The van der Waals surface area contributed by atoms with Crippen LogP contribution in [0, 0.1) is 5.92 Å². The topological polar surface area (TPSA) is 64.3 Å². The third-order valence-corrected chi connectivity index (χ3v) is 5.15. The van der Waals surface area contributed by atoms with E-state index < -0.39 is 0 Å². The molecular formula is C21H34N2O2. The summed E-state index contributed by atoms with van der Waals surface area (Å²) in [5.74, 6) is 1.56. The first-order valence-electron chi connectivity index (χ1n) is 9.93. The van der Waals surface area contributed by atoms with Crippen LogP contribution in [0.2, 0.25) is 0 Å². The molecule has 0 aromatic heterocycles. The van der Waals surface area contributed by atoms with Crippen LogP contribution in [0.3, 0.4) is 0 Å². The van der Waals surface area contributed by atoms with Crippen LogP contribution in [0.4, 0.5) is 5.69 Å². The van der Waals surface area contributed by atoms with Crippen molar-refractivity contribution in [3.05, 3.63) is 23.8 Å². The molecule has 4 nitrogen and oxygen atoms in total. The third kappa shape index (κ3) is 6.69. The number of amides is 1. The van der Waals surface area contributed by atoms with Crippen LogP contribution in [0.5, 0.6) is 5.75 Å². The number of ether oxygens (including phenoxy) is 1. The summed E-state index contributed by atoms with van der Waals surface area (Å²) in [4.78, 5) is 12.3. The van der Waals surface area contributed by atoms with Gasteiger partial charge in [0.25, 0.3) is 0 Å². The maximum atomic E-state index is 12.3. The van der Waals surface area contributed by atoms with E-state index in [4.69, 9.17) is 10.5 Å². The van der Waals surface area contributed by atoms with Gasteiger partial charge in [-0.15, -0.1) is 0 Å². The van der Waals surface area contributed by atoms with Gasteiger partial charge in [-0.3, -0.25) is 4.79 Å². The number of anilines is 1. The number of nitrogens with one attached hydrogen (secondary N) is 1. The fourth-order valence-corrected chi connectivity index (χ4v) is 3.54. The van der Waals surface area contributed by atoms with Gasteiger partial charge >= 0.3 is 0 Å². The molecule has 4 heteroatoms. The van der Waals surface area contributed by atoms with Gasteiger partial charge in [-0.2, -0.15) is 0 Å². The van der Waals surface area contributed by atoms with E-state index in [0.717, 1.165) is 42.2 Å². The van der Waals surface area contributed by atoms with Crippen molar-refractivity contribution in [1.29, 1.82) is 0 Å². The number of hydrogen-bond donors (Lipinski definition) is 2. The third-order valence-electron chi connectivity index (χ3n) is 5.15. The van der Waals surface area contributed by atoms with Crippen LogP contribution in [0.1, 0.15) is 70.8 Å². The maximum Gasteiger partial charge on any atom is 0.224 e. The van der Waals surface area contributed by atoms with Crippen molar-refractivity contribution < 1.29 is 9.53 Å². The molecule has 1 unspecified atom stereocenters. The summed E-state index contributed by atoms with van der Waals surface area (Å²) < 4.78 is 5.73. The van der Waals surface area contributed by atoms with Crippen LogP contribution < -0.4 is 15.8 Å². The Morgan fingerprint density at radius 3 is 2.72 bits per heavy atom. The molecule has 0 bridgehead atoms. The van der Waals surface area contributed by atoms with E-state index in [9.17, 15) is 4.79 Å². The number of rotatable bonds is 9. The Morgan fingerprint density at radius 1 is 1.28 bits per heavy atom. The Bertz CT molecular complexity index is 539. The average molecular weight is 347 g/mol. The summed E-state index contributed by atoms with van der Waals surface area (Å²) in [5.41, 5.74) is 7.97. The summed E-state index contributed by atoms with van der Waals surface area (Å²) in [6.45, 7) is 4.63. The summed E-state index contributed by atoms with van der Waals surface area (Å²) in [6.07, 6.45) is 9.93. The van der Waals surface area contributed by atoms with Crippen LogP contribution in [-0.4, -0.2) is 18.6 Å². The normalized spacial score (nSPS) is 16.4. The molecule has 1 saturated carbocycles. The molecular weight excluding hydrogens is 312 g/mol. The molecule has 140 valence electrons. The molecule has 0 spiro atoms. The van der Waals surface area contributed by atoms with E-state index in [1.165, 1.54) is 32.1 Å². The number of benzene rings is 1. The molecule has 0 radical (unpaired) electrons. The first-order chi connectivity index (χ1) is 12.1. The summed E-state index contributed by atoms with van der Waals surface area (Å²) in [5, 5.41) is 3.03. The zero-order chi connectivity index (χ0) is 18.1. The molecule has 2 rings (SSSR count). The number of hydrogen-bond acceptors (Lipinski definition) is 3. The lowest BCUT2D eigenvalue weighted by atomic mass is 9.86. The Labute approximate surface area is 152 Å². The van der Waals surface area contributed by atoms with Gasteiger partial charge in [0.15, 0.2) is 0 Å². The van der Waals surface area contributed by atoms with Crippen LogP contribution >= 0.6 is 0 Å². The van der Waals surface area contributed by atoms with Gasteiger partial charge in [0.05, 0.1) is 12.3 Å². The van der Waals surface area contributed by atoms with E-state index in [1.54, 1.807) is 0 Å². The van der Waals surface area contributed by atoms with Crippen LogP contribution in [-0.2, 0) is 11.2 Å². The van der Waals surface area contributed by atoms with Crippen LogP contribution in [0.25, 0.3) is 0 Å². The molecule has 0 heterocycles. The fourth-order valence-electron chi connectivity index (χ4n) is 3.54. The molecule has 1 fully saturated rings. The highest BCUT2D eigenvalue weighted by atomic mass is 16.5. The van der Waals surface area contributed by atoms with Gasteiger partial charge in [-0.05, 0) is 49.8 Å². The second kappa shape index (κ2) is 10.4. The largest absolute Gasteiger partial charge is 0.492 e. The monoisotopic (exact) mass is 346 g/mol. The zero-order valence-electron chi connectivity index (χ0n) is 15.9. The van der Waals surface area contributed by atoms with E-state index in [-0.39, 0.29) is 11.9 Å². The zero-order valence-corrected chi connectivity index (χ0v) is 15.9. The van der Waals surface area contributed by atoms with Crippen LogP contribution in [0.15, 0.2) is 18.2 Å². The minimum Gasteiger partial charge on any atom is -0.492 e. The lowest BCUT2D eigenvalue weighted by Gasteiger charge is -2.21. The van der Waals surface area contributed by atoms with Crippen molar-refractivity contribution in [3.63, 3.8) is 0 Å². The van der Waals surface area contributed by atoms with E-state index in [0.29, 0.717) is 13.0 Å². The lowest BCUT2D eigenvalue weighted by molar-refractivity contribution is -0.116. The van der Waals surface area contributed by atoms with Gasteiger partial charge in [0.2, 0.25) is 5.91 Å². The van der Waals surface area contributed by atoms with E-state index in [1.807, 2.05) is 25.1 Å². The molecule has 1 aliphatic rings. The number of carbonyl (C=O) groups excluding carboxylic acids is 1. The minimum absolute atomic E-state index is 0.0875. The first kappa shape index (κ1) is 19.8. The minimum atomic E-state index is 0.0875. The summed E-state index contributed by atoms with van der Waals surface area (Å²) in [7, 11) is 0. The molecule has 1 amide bonds. The molecule has 1 aromatic rings. The second-order valence-corrected chi connectivity index (χ2v) is 7.23. The highest BCUT2D eigenvalue weighted by Crippen LogP contribution is 2.29. The number of nitrogens with two attached hydrogens (primary N) is 1. The van der Waals surface area contributed by atoms with Crippen molar-refractivity contribution in [2.75, 3.05) is 11.9 Å². The lowest BCUT2D eigenvalue weighted by Crippen LogP contribution is -2.21. The first-order valence-corrected chi connectivity index (χ1v) is 9.93. The average Bonchev–Trinajstić information content (AvgIpc) is 2.63. The van der Waals surface area contributed by atoms with Crippen molar-refractivity contribution >= 4 is 11.6 Å². The van der Waals surface area contributed by atoms with Gasteiger partial charge in [-0.1, -0.05) is 45.1 Å². The molecule has 0 aliphatic heterocycles. The predicted molar refractivity (Wildman–Crippen MR) is 104 cm³/mol. The Morgan fingerprint density at radius 2 is 2.04 bits per heavy atom. The van der Waals surface area contributed by atoms with Crippen molar-refractivity contribution in [2.24, 2.45) is 11.7 Å². The maximum absolute atomic E-state index is 12.3. The standard InChI is InChI=1S/C21H34N2O2/c1-3-18(22)14-17-10-12-19(20(15-17)25-4-2)23-21(24)13-11-16-8-6-5-7-9-16/h10,12,15-16,18H,3-9,11,13-14,22H2,1-2H3,(H,23,24). The predicted octanol–water partition coefficient (Wildman–Crippen LogP) is 4.66. The van der Waals surface area contributed by atoms with Crippen molar-refractivity contribution in [3.8, 4) is 5.75 Å². The Balaban J connectivity index is 1.93. The molecule has 1 atom stereocenters. The molecule has 0 saturated heterocycles. The van der Waals surface area contributed by atoms with E-state index in [2.05, 4.69) is 12.2 Å². The van der Waals surface area contributed by atoms with Crippen molar-refractivity contribution in [2.45, 2.75) is 77.7 Å².